The highest BCUT2D eigenvalue weighted by Crippen LogP contribution is 2.18. The van der Waals surface area contributed by atoms with E-state index in [4.69, 9.17) is 10.5 Å². The van der Waals surface area contributed by atoms with Crippen molar-refractivity contribution in [1.29, 1.82) is 0 Å². The molecular formula is C16H14F2N2O4. The average molecular weight is 336 g/mol. The molecule has 0 aliphatic rings. The van der Waals surface area contributed by atoms with Crippen LogP contribution in [0.15, 0.2) is 48.5 Å². The summed E-state index contributed by atoms with van der Waals surface area (Å²) in [7, 11) is 0. The number of amides is 2. The van der Waals surface area contributed by atoms with Gasteiger partial charge < -0.3 is 20.5 Å². The van der Waals surface area contributed by atoms with Gasteiger partial charge in [-0.3, -0.25) is 9.59 Å². The fourth-order valence-corrected chi connectivity index (χ4v) is 1.78. The van der Waals surface area contributed by atoms with Gasteiger partial charge in [0.1, 0.15) is 11.5 Å². The number of hydrogen-bond donors (Lipinski definition) is 2. The van der Waals surface area contributed by atoms with Crippen LogP contribution in [0.2, 0.25) is 0 Å². The van der Waals surface area contributed by atoms with Crippen LogP contribution in [0.4, 0.5) is 14.5 Å². The zero-order chi connectivity index (χ0) is 17.5. The zero-order valence-corrected chi connectivity index (χ0v) is 12.4. The molecule has 0 fully saturated rings. The van der Waals surface area contributed by atoms with Crippen LogP contribution in [-0.2, 0) is 4.79 Å². The Morgan fingerprint density at radius 2 is 1.58 bits per heavy atom. The van der Waals surface area contributed by atoms with E-state index in [1.54, 1.807) is 24.3 Å². The van der Waals surface area contributed by atoms with E-state index >= 15 is 0 Å². The summed E-state index contributed by atoms with van der Waals surface area (Å²) in [6.07, 6.45) is 0. The Hall–Kier alpha value is -3.16. The monoisotopic (exact) mass is 336 g/mol. The van der Waals surface area contributed by atoms with Crippen LogP contribution in [0.3, 0.4) is 0 Å². The van der Waals surface area contributed by atoms with E-state index in [9.17, 15) is 18.4 Å². The highest BCUT2D eigenvalue weighted by molar-refractivity contribution is 6.04. The molecule has 24 heavy (non-hydrogen) atoms. The van der Waals surface area contributed by atoms with Gasteiger partial charge in [0, 0.05) is 11.3 Å². The van der Waals surface area contributed by atoms with E-state index in [0.717, 1.165) is 0 Å². The molecule has 0 aliphatic heterocycles. The van der Waals surface area contributed by atoms with Gasteiger partial charge in [0.15, 0.2) is 6.61 Å². The Kier molecular flexibility index (Phi) is 5.67. The van der Waals surface area contributed by atoms with Crippen LogP contribution in [0.25, 0.3) is 0 Å². The number of hydrogen-bond acceptors (Lipinski definition) is 4. The third-order valence-corrected chi connectivity index (χ3v) is 2.83. The van der Waals surface area contributed by atoms with Gasteiger partial charge in [-0.25, -0.2) is 0 Å². The molecule has 0 radical (unpaired) electrons. The normalized spacial score (nSPS) is 10.3. The van der Waals surface area contributed by atoms with E-state index in [1.807, 2.05) is 0 Å². The third-order valence-electron chi connectivity index (χ3n) is 2.83. The molecule has 2 rings (SSSR count). The number of carbonyl (C=O) groups excluding carboxylic acids is 2. The fourth-order valence-electron chi connectivity index (χ4n) is 1.78. The van der Waals surface area contributed by atoms with Crippen LogP contribution < -0.4 is 20.5 Å². The molecule has 0 saturated carbocycles. The van der Waals surface area contributed by atoms with E-state index in [-0.39, 0.29) is 17.9 Å². The lowest BCUT2D eigenvalue weighted by Crippen LogP contribution is -2.20. The Balaban J connectivity index is 1.95. The summed E-state index contributed by atoms with van der Waals surface area (Å²) in [5, 5.41) is 2.64. The summed E-state index contributed by atoms with van der Waals surface area (Å²) in [4.78, 5) is 22.7. The molecule has 3 N–H and O–H groups in total. The molecule has 2 amide bonds. The van der Waals surface area contributed by atoms with Crippen LogP contribution >= 0.6 is 0 Å². The van der Waals surface area contributed by atoms with Crippen molar-refractivity contribution in [3.63, 3.8) is 0 Å². The summed E-state index contributed by atoms with van der Waals surface area (Å²) in [5.74, 6) is -0.603. The molecule has 0 heterocycles. The average Bonchev–Trinajstić information content (AvgIpc) is 2.54. The minimum Gasteiger partial charge on any atom is -0.484 e. The number of halogens is 2. The first-order valence-electron chi connectivity index (χ1n) is 6.81. The van der Waals surface area contributed by atoms with Gasteiger partial charge in [0.2, 0.25) is 0 Å². The number of nitrogens with two attached hydrogens (primary N) is 1. The van der Waals surface area contributed by atoms with Crippen LogP contribution in [-0.4, -0.2) is 25.0 Å². The number of carbonyl (C=O) groups is 2. The quantitative estimate of drug-likeness (QED) is 0.812. The lowest BCUT2D eigenvalue weighted by atomic mass is 10.2. The van der Waals surface area contributed by atoms with Crippen molar-refractivity contribution in [1.82, 2.24) is 0 Å². The third kappa shape index (κ3) is 5.24. The highest BCUT2D eigenvalue weighted by atomic mass is 19.3. The molecule has 0 aliphatic carbocycles. The van der Waals surface area contributed by atoms with Gasteiger partial charge in [0.25, 0.3) is 11.8 Å². The van der Waals surface area contributed by atoms with Crippen molar-refractivity contribution in [2.24, 2.45) is 5.73 Å². The van der Waals surface area contributed by atoms with Gasteiger partial charge in [0.05, 0.1) is 0 Å². The fraction of sp³-hybridized carbons (Fsp3) is 0.125. The Morgan fingerprint density at radius 1 is 1.00 bits per heavy atom. The molecule has 126 valence electrons. The minimum absolute atomic E-state index is 0.0301. The van der Waals surface area contributed by atoms with E-state index in [2.05, 4.69) is 10.1 Å². The van der Waals surface area contributed by atoms with Crippen molar-refractivity contribution in [3.05, 3.63) is 54.1 Å². The van der Waals surface area contributed by atoms with E-state index < -0.39 is 18.4 Å². The maximum atomic E-state index is 12.1. The van der Waals surface area contributed by atoms with Crippen molar-refractivity contribution in [2.75, 3.05) is 11.9 Å². The number of anilines is 1. The van der Waals surface area contributed by atoms with Gasteiger partial charge >= 0.3 is 6.61 Å². The van der Waals surface area contributed by atoms with E-state index in [0.29, 0.717) is 11.4 Å². The first-order chi connectivity index (χ1) is 11.4. The van der Waals surface area contributed by atoms with Crippen molar-refractivity contribution < 1.29 is 27.8 Å². The Bertz CT molecular complexity index is 703. The van der Waals surface area contributed by atoms with Gasteiger partial charge in [-0.05, 0) is 48.5 Å². The number of primary amides is 1. The molecule has 2 aromatic rings. The highest BCUT2D eigenvalue weighted by Gasteiger charge is 2.08. The molecular weight excluding hydrogens is 322 g/mol. The molecule has 2 aromatic carbocycles. The second-order valence-electron chi connectivity index (χ2n) is 4.64. The van der Waals surface area contributed by atoms with Crippen molar-refractivity contribution in [3.8, 4) is 11.5 Å². The summed E-state index contributed by atoms with van der Waals surface area (Å²) >= 11 is 0. The molecule has 0 aromatic heterocycles. The maximum Gasteiger partial charge on any atom is 0.387 e. The first-order valence-corrected chi connectivity index (χ1v) is 6.81. The second-order valence-corrected chi connectivity index (χ2v) is 4.64. The molecule has 0 unspecified atom stereocenters. The maximum absolute atomic E-state index is 12.1. The predicted octanol–water partition coefficient (Wildman–Crippen LogP) is 2.40. The molecule has 0 bridgehead atoms. The van der Waals surface area contributed by atoms with Crippen LogP contribution in [0, 0.1) is 0 Å². The number of benzene rings is 2. The number of nitrogens with one attached hydrogen (secondary N) is 1. The minimum atomic E-state index is -2.92. The first kappa shape index (κ1) is 17.2. The van der Waals surface area contributed by atoms with Crippen LogP contribution in [0.1, 0.15) is 10.4 Å². The lowest BCUT2D eigenvalue weighted by molar-refractivity contribution is -0.119. The summed E-state index contributed by atoms with van der Waals surface area (Å²) in [6.45, 7) is -3.15. The molecule has 0 spiro atoms. The zero-order valence-electron chi connectivity index (χ0n) is 12.4. The van der Waals surface area contributed by atoms with Crippen molar-refractivity contribution in [2.45, 2.75) is 6.61 Å². The Labute approximate surface area is 136 Å². The molecule has 8 heteroatoms. The van der Waals surface area contributed by atoms with Crippen LogP contribution in [0.5, 0.6) is 11.5 Å². The van der Waals surface area contributed by atoms with Gasteiger partial charge in [-0.15, -0.1) is 0 Å². The van der Waals surface area contributed by atoms with Gasteiger partial charge in [-0.1, -0.05) is 0 Å². The largest absolute Gasteiger partial charge is 0.484 e. The lowest BCUT2D eigenvalue weighted by Gasteiger charge is -2.08. The Morgan fingerprint density at radius 3 is 2.12 bits per heavy atom. The van der Waals surface area contributed by atoms with Gasteiger partial charge in [-0.2, -0.15) is 8.78 Å². The van der Waals surface area contributed by atoms with Crippen molar-refractivity contribution >= 4 is 17.5 Å². The summed E-state index contributed by atoms with van der Waals surface area (Å²) in [5.41, 5.74) is 5.75. The molecule has 6 nitrogen and oxygen atoms in total. The standard InChI is InChI=1S/C16H14F2N2O4/c17-16(18)24-13-5-1-10(2-6-13)15(22)20-11-3-7-12(8-4-11)23-9-14(19)21/h1-8,16H,9H2,(H2,19,21)(H,20,22). The molecule has 0 atom stereocenters. The number of rotatable bonds is 7. The van der Waals surface area contributed by atoms with E-state index in [1.165, 1.54) is 24.3 Å². The topological polar surface area (TPSA) is 90.7 Å². The number of alkyl halides is 2. The second kappa shape index (κ2) is 7.91. The smallest absolute Gasteiger partial charge is 0.387 e. The SMILES string of the molecule is NC(=O)COc1ccc(NC(=O)c2ccc(OC(F)F)cc2)cc1. The predicted molar refractivity (Wildman–Crippen MR) is 82.2 cm³/mol. The summed E-state index contributed by atoms with van der Waals surface area (Å²) in [6, 6.07) is 11.6. The summed E-state index contributed by atoms with van der Waals surface area (Å²) < 4.78 is 33.4. The molecule has 0 saturated heterocycles. The number of ether oxygens (including phenoxy) is 2.